The van der Waals surface area contributed by atoms with Crippen molar-refractivity contribution in [2.24, 2.45) is 0 Å². The summed E-state index contributed by atoms with van der Waals surface area (Å²) in [6.07, 6.45) is -0.482. The summed E-state index contributed by atoms with van der Waals surface area (Å²) in [5.74, 6) is 0.0614. The lowest BCUT2D eigenvalue weighted by Crippen LogP contribution is -2.59. The van der Waals surface area contributed by atoms with Crippen LogP contribution in [0.25, 0.3) is 0 Å². The lowest BCUT2D eigenvalue weighted by atomic mass is 10.1. The number of benzene rings is 2. The summed E-state index contributed by atoms with van der Waals surface area (Å²) in [6, 6.07) is 16.5. The van der Waals surface area contributed by atoms with Crippen molar-refractivity contribution in [2.45, 2.75) is 26.3 Å². The number of piperazine rings is 1. The molecule has 2 aromatic rings. The van der Waals surface area contributed by atoms with Crippen molar-refractivity contribution >= 4 is 11.6 Å². The second-order valence-corrected chi connectivity index (χ2v) is 6.23. The van der Waals surface area contributed by atoms with E-state index in [1.807, 2.05) is 17.0 Å². The summed E-state index contributed by atoms with van der Waals surface area (Å²) < 4.78 is 5.84. The van der Waals surface area contributed by atoms with Crippen LogP contribution in [0.3, 0.4) is 0 Å². The van der Waals surface area contributed by atoms with Gasteiger partial charge in [-0.25, -0.2) is 0 Å². The van der Waals surface area contributed by atoms with Gasteiger partial charge in [-0.2, -0.15) is 0 Å². The molecule has 0 N–H and O–H groups in total. The van der Waals surface area contributed by atoms with Crippen LogP contribution in [-0.2, 0) is 22.7 Å². The average Bonchev–Trinajstić information content (AvgIpc) is 2.59. The van der Waals surface area contributed by atoms with Crippen molar-refractivity contribution < 1.29 is 9.53 Å². The fourth-order valence-corrected chi connectivity index (χ4v) is 3.31. The van der Waals surface area contributed by atoms with Gasteiger partial charge in [0.25, 0.3) is 5.91 Å². The van der Waals surface area contributed by atoms with Gasteiger partial charge >= 0.3 is 0 Å². The molecule has 4 nitrogen and oxygen atoms in total. The van der Waals surface area contributed by atoms with E-state index >= 15 is 0 Å². The van der Waals surface area contributed by atoms with E-state index in [1.54, 1.807) is 0 Å². The van der Waals surface area contributed by atoms with Gasteiger partial charge in [-0.3, -0.25) is 4.79 Å². The zero-order valence-electron chi connectivity index (χ0n) is 13.2. The van der Waals surface area contributed by atoms with Crippen molar-refractivity contribution in [3.8, 4) is 0 Å². The minimum Gasteiger partial charge on any atom is -0.344 e. The van der Waals surface area contributed by atoms with E-state index in [4.69, 9.17) is 4.74 Å². The molecule has 0 radical (unpaired) electrons. The number of fused-ring (bicyclic) bond motifs is 3. The van der Waals surface area contributed by atoms with Crippen LogP contribution >= 0.6 is 0 Å². The number of carbonyl (C=O) groups excluding carboxylic acids is 1. The molecule has 0 bridgehead atoms. The fourth-order valence-electron chi connectivity index (χ4n) is 3.31. The van der Waals surface area contributed by atoms with Crippen LogP contribution in [0.1, 0.15) is 16.7 Å². The number of hydrogen-bond donors (Lipinski definition) is 0. The van der Waals surface area contributed by atoms with Crippen molar-refractivity contribution in [1.29, 1.82) is 0 Å². The highest BCUT2D eigenvalue weighted by Gasteiger charge is 2.38. The Morgan fingerprint density at radius 1 is 1.09 bits per heavy atom. The number of rotatable bonds is 2. The van der Waals surface area contributed by atoms with Crippen LogP contribution in [0, 0.1) is 6.92 Å². The van der Waals surface area contributed by atoms with Gasteiger partial charge in [0.2, 0.25) is 6.23 Å². The zero-order chi connectivity index (χ0) is 15.8. The number of carbonyl (C=O) groups is 1. The Labute approximate surface area is 136 Å². The second kappa shape index (κ2) is 5.70. The first-order valence-corrected chi connectivity index (χ1v) is 8.03. The Balaban J connectivity index is 1.53. The van der Waals surface area contributed by atoms with Gasteiger partial charge in [-0.15, -0.1) is 0 Å². The molecule has 4 heteroatoms. The molecule has 1 amide bonds. The number of ether oxygens (including phenoxy) is 1. The van der Waals surface area contributed by atoms with Crippen LogP contribution in [0.4, 0.5) is 5.69 Å². The van der Waals surface area contributed by atoms with E-state index in [0.29, 0.717) is 13.2 Å². The van der Waals surface area contributed by atoms with E-state index in [-0.39, 0.29) is 5.91 Å². The lowest BCUT2D eigenvalue weighted by molar-refractivity contribution is -0.149. The SMILES string of the molecule is Cc1ccc(CN2CCN3c4ccccc4COC3C2=O)cc1. The maximum absolute atomic E-state index is 12.8. The third kappa shape index (κ3) is 2.59. The molecular formula is C19H20N2O2. The Morgan fingerprint density at radius 3 is 2.70 bits per heavy atom. The highest BCUT2D eigenvalue weighted by molar-refractivity contribution is 5.86. The molecule has 2 heterocycles. The van der Waals surface area contributed by atoms with E-state index in [2.05, 4.69) is 48.2 Å². The maximum Gasteiger partial charge on any atom is 0.273 e. The molecule has 0 spiro atoms. The number of aryl methyl sites for hydroxylation is 1. The number of para-hydroxylation sites is 1. The molecule has 2 aromatic carbocycles. The van der Waals surface area contributed by atoms with Crippen LogP contribution in [-0.4, -0.2) is 30.1 Å². The Hall–Kier alpha value is -2.33. The van der Waals surface area contributed by atoms with E-state index in [9.17, 15) is 4.79 Å². The number of anilines is 1. The predicted molar refractivity (Wildman–Crippen MR) is 89.0 cm³/mol. The fraction of sp³-hybridized carbons (Fsp3) is 0.316. The number of amides is 1. The van der Waals surface area contributed by atoms with E-state index in [1.165, 1.54) is 5.56 Å². The summed E-state index contributed by atoms with van der Waals surface area (Å²) in [5, 5.41) is 0. The minimum atomic E-state index is -0.482. The van der Waals surface area contributed by atoms with Gasteiger partial charge in [0, 0.05) is 30.9 Å². The highest BCUT2D eigenvalue weighted by Crippen LogP contribution is 2.31. The van der Waals surface area contributed by atoms with Crippen molar-refractivity contribution in [2.75, 3.05) is 18.0 Å². The van der Waals surface area contributed by atoms with Gasteiger partial charge in [-0.1, -0.05) is 48.0 Å². The first kappa shape index (κ1) is 14.3. The lowest BCUT2D eigenvalue weighted by Gasteiger charge is -2.44. The van der Waals surface area contributed by atoms with E-state index in [0.717, 1.165) is 29.9 Å². The first-order chi connectivity index (χ1) is 11.2. The molecular weight excluding hydrogens is 288 g/mol. The van der Waals surface area contributed by atoms with Gasteiger partial charge in [0.15, 0.2) is 0 Å². The molecule has 0 aromatic heterocycles. The van der Waals surface area contributed by atoms with Crippen LogP contribution in [0.2, 0.25) is 0 Å². The van der Waals surface area contributed by atoms with Gasteiger partial charge < -0.3 is 14.5 Å². The summed E-state index contributed by atoms with van der Waals surface area (Å²) >= 11 is 0. The largest absolute Gasteiger partial charge is 0.344 e. The van der Waals surface area contributed by atoms with Crippen molar-refractivity contribution in [3.05, 3.63) is 65.2 Å². The monoisotopic (exact) mass is 308 g/mol. The predicted octanol–water partition coefficient (Wildman–Crippen LogP) is 2.70. The van der Waals surface area contributed by atoms with Gasteiger partial charge in [0.05, 0.1) is 6.61 Å². The number of hydrogen-bond acceptors (Lipinski definition) is 3. The van der Waals surface area contributed by atoms with Crippen molar-refractivity contribution in [1.82, 2.24) is 4.90 Å². The van der Waals surface area contributed by atoms with Gasteiger partial charge in [0.1, 0.15) is 0 Å². The Morgan fingerprint density at radius 2 is 1.87 bits per heavy atom. The molecule has 4 rings (SSSR count). The topological polar surface area (TPSA) is 32.8 Å². The molecule has 23 heavy (non-hydrogen) atoms. The second-order valence-electron chi connectivity index (χ2n) is 6.23. The minimum absolute atomic E-state index is 0.0614. The third-order valence-electron chi connectivity index (χ3n) is 4.61. The molecule has 1 saturated heterocycles. The summed E-state index contributed by atoms with van der Waals surface area (Å²) in [5.41, 5.74) is 4.68. The van der Waals surface area contributed by atoms with Crippen LogP contribution in [0.15, 0.2) is 48.5 Å². The average molecular weight is 308 g/mol. The maximum atomic E-state index is 12.8. The molecule has 2 aliphatic heterocycles. The molecule has 1 fully saturated rings. The zero-order valence-corrected chi connectivity index (χ0v) is 13.2. The van der Waals surface area contributed by atoms with Crippen LogP contribution < -0.4 is 4.90 Å². The quantitative estimate of drug-likeness (QED) is 0.855. The summed E-state index contributed by atoms with van der Waals surface area (Å²) in [4.78, 5) is 16.8. The first-order valence-electron chi connectivity index (χ1n) is 8.03. The molecule has 118 valence electrons. The summed E-state index contributed by atoms with van der Waals surface area (Å²) in [6.45, 7) is 4.75. The van der Waals surface area contributed by atoms with Crippen LogP contribution in [0.5, 0.6) is 0 Å². The molecule has 0 aliphatic carbocycles. The number of nitrogens with zero attached hydrogens (tertiary/aromatic N) is 2. The Bertz CT molecular complexity index is 726. The molecule has 1 unspecified atom stereocenters. The highest BCUT2D eigenvalue weighted by atomic mass is 16.5. The van der Waals surface area contributed by atoms with Gasteiger partial charge in [-0.05, 0) is 18.6 Å². The van der Waals surface area contributed by atoms with Crippen molar-refractivity contribution in [3.63, 3.8) is 0 Å². The Kier molecular flexibility index (Phi) is 3.54. The summed E-state index contributed by atoms with van der Waals surface area (Å²) in [7, 11) is 0. The normalized spacial score (nSPS) is 20.2. The standard InChI is InChI=1S/C19H20N2O2/c1-14-6-8-15(9-7-14)12-20-10-11-21-17-5-3-2-4-16(17)13-23-19(21)18(20)22/h2-9,19H,10-13H2,1H3. The smallest absolute Gasteiger partial charge is 0.273 e. The third-order valence-corrected chi connectivity index (χ3v) is 4.61. The molecule has 2 aliphatic rings. The van der Waals surface area contributed by atoms with E-state index < -0.39 is 6.23 Å². The molecule has 1 atom stereocenters. The molecule has 0 saturated carbocycles.